The van der Waals surface area contributed by atoms with Crippen molar-refractivity contribution in [3.8, 4) is 11.5 Å². The summed E-state index contributed by atoms with van der Waals surface area (Å²) in [6.45, 7) is 4.79. The van der Waals surface area contributed by atoms with Crippen LogP contribution in [0.4, 0.5) is 0 Å². The minimum absolute atomic E-state index is 0.426. The topological polar surface area (TPSA) is 66.7 Å². The van der Waals surface area contributed by atoms with Crippen molar-refractivity contribution in [2.75, 3.05) is 26.2 Å². The van der Waals surface area contributed by atoms with Gasteiger partial charge < -0.3 is 4.42 Å². The van der Waals surface area contributed by atoms with Gasteiger partial charge in [-0.3, -0.25) is 4.90 Å². The number of rotatable bonds is 5. The standard InChI is InChI=1S/C25H28ClN3O3S/c1-18-24(27-25(32-18)21-7-4-8-22(26)15-21)17-28-11-13-29(14-12-28)33(30,31)23-10-9-19-5-2-3-6-20(19)16-23/h4,7-10,15-16H,2-3,5-6,11-14,17H2,1H3. The summed E-state index contributed by atoms with van der Waals surface area (Å²) >= 11 is 6.10. The smallest absolute Gasteiger partial charge is 0.243 e. The predicted octanol–water partition coefficient (Wildman–Crippen LogP) is 4.69. The van der Waals surface area contributed by atoms with Crippen molar-refractivity contribution in [3.63, 3.8) is 0 Å². The number of hydrogen-bond acceptors (Lipinski definition) is 5. The van der Waals surface area contributed by atoms with E-state index in [0.717, 1.165) is 36.3 Å². The SMILES string of the molecule is Cc1oc(-c2cccc(Cl)c2)nc1CN1CCN(S(=O)(=O)c2ccc3c(c2)CCCC3)CC1. The Balaban J connectivity index is 1.24. The minimum atomic E-state index is -3.48. The van der Waals surface area contributed by atoms with Gasteiger partial charge in [-0.2, -0.15) is 4.31 Å². The van der Waals surface area contributed by atoms with Gasteiger partial charge in [0.05, 0.1) is 10.6 Å². The molecule has 0 saturated carbocycles. The first-order valence-electron chi connectivity index (χ1n) is 11.5. The maximum atomic E-state index is 13.2. The van der Waals surface area contributed by atoms with Crippen LogP contribution in [0.2, 0.25) is 5.02 Å². The number of aryl methyl sites for hydroxylation is 3. The maximum Gasteiger partial charge on any atom is 0.243 e. The van der Waals surface area contributed by atoms with Crippen molar-refractivity contribution >= 4 is 21.6 Å². The lowest BCUT2D eigenvalue weighted by Crippen LogP contribution is -2.48. The van der Waals surface area contributed by atoms with Crippen molar-refractivity contribution < 1.29 is 12.8 Å². The molecule has 1 aliphatic heterocycles. The van der Waals surface area contributed by atoms with Gasteiger partial charge in [-0.05, 0) is 74.1 Å². The molecule has 33 heavy (non-hydrogen) atoms. The molecule has 0 amide bonds. The molecule has 0 unspecified atom stereocenters. The van der Waals surface area contributed by atoms with Crippen LogP contribution in [0, 0.1) is 6.92 Å². The first-order valence-corrected chi connectivity index (χ1v) is 13.3. The highest BCUT2D eigenvalue weighted by atomic mass is 35.5. The second-order valence-corrected chi connectivity index (χ2v) is 11.2. The summed E-state index contributed by atoms with van der Waals surface area (Å²) in [4.78, 5) is 7.33. The summed E-state index contributed by atoms with van der Waals surface area (Å²) in [6.07, 6.45) is 4.35. The van der Waals surface area contributed by atoms with Gasteiger partial charge >= 0.3 is 0 Å². The number of piperazine rings is 1. The molecule has 6 nitrogen and oxygen atoms in total. The molecule has 0 radical (unpaired) electrons. The normalized spacial score (nSPS) is 17.8. The zero-order valence-electron chi connectivity index (χ0n) is 18.8. The summed E-state index contributed by atoms with van der Waals surface area (Å²) in [5, 5.41) is 0.640. The van der Waals surface area contributed by atoms with E-state index >= 15 is 0 Å². The zero-order chi connectivity index (χ0) is 23.0. The Hall–Kier alpha value is -2.19. The third-order valence-corrected chi connectivity index (χ3v) is 8.76. The summed E-state index contributed by atoms with van der Waals surface area (Å²) in [5.74, 6) is 1.33. The Morgan fingerprint density at radius 3 is 2.52 bits per heavy atom. The van der Waals surface area contributed by atoms with E-state index in [1.54, 1.807) is 10.4 Å². The molecule has 1 aliphatic carbocycles. The van der Waals surface area contributed by atoms with E-state index < -0.39 is 10.0 Å². The van der Waals surface area contributed by atoms with Crippen LogP contribution >= 0.6 is 11.6 Å². The molecular weight excluding hydrogens is 458 g/mol. The molecule has 0 spiro atoms. The summed E-state index contributed by atoms with van der Waals surface area (Å²) in [6, 6.07) is 13.1. The van der Waals surface area contributed by atoms with Gasteiger partial charge in [0.2, 0.25) is 15.9 Å². The Kier molecular flexibility index (Phi) is 6.31. The quantitative estimate of drug-likeness (QED) is 0.524. The second kappa shape index (κ2) is 9.22. The fourth-order valence-corrected chi connectivity index (χ4v) is 6.34. The maximum absolute atomic E-state index is 13.2. The Morgan fingerprint density at radius 2 is 1.76 bits per heavy atom. The lowest BCUT2D eigenvalue weighted by Gasteiger charge is -2.33. The number of nitrogens with zero attached hydrogens (tertiary/aromatic N) is 3. The van der Waals surface area contributed by atoms with Crippen LogP contribution in [0.1, 0.15) is 35.4 Å². The molecule has 5 rings (SSSR count). The highest BCUT2D eigenvalue weighted by Crippen LogP contribution is 2.27. The van der Waals surface area contributed by atoms with Gasteiger partial charge in [0.25, 0.3) is 0 Å². The van der Waals surface area contributed by atoms with Crippen LogP contribution in [0.25, 0.3) is 11.5 Å². The molecule has 0 bridgehead atoms. The largest absolute Gasteiger partial charge is 0.441 e. The summed E-state index contributed by atoms with van der Waals surface area (Å²) in [7, 11) is -3.48. The van der Waals surface area contributed by atoms with E-state index in [9.17, 15) is 8.42 Å². The lowest BCUT2D eigenvalue weighted by molar-refractivity contribution is 0.179. The first kappa shape index (κ1) is 22.6. The molecule has 174 valence electrons. The number of fused-ring (bicyclic) bond motifs is 1. The van der Waals surface area contributed by atoms with Crippen molar-refractivity contribution in [2.24, 2.45) is 0 Å². The monoisotopic (exact) mass is 485 g/mol. The predicted molar refractivity (Wildman–Crippen MR) is 129 cm³/mol. The van der Waals surface area contributed by atoms with E-state index in [4.69, 9.17) is 16.0 Å². The fraction of sp³-hybridized carbons (Fsp3) is 0.400. The van der Waals surface area contributed by atoms with E-state index in [1.807, 2.05) is 43.3 Å². The van der Waals surface area contributed by atoms with E-state index in [2.05, 4.69) is 9.88 Å². The van der Waals surface area contributed by atoms with Crippen LogP contribution in [-0.2, 0) is 29.4 Å². The lowest BCUT2D eigenvalue weighted by atomic mass is 9.92. The van der Waals surface area contributed by atoms with Crippen LogP contribution in [0.5, 0.6) is 0 Å². The minimum Gasteiger partial charge on any atom is -0.441 e. The summed E-state index contributed by atoms with van der Waals surface area (Å²) in [5.41, 5.74) is 4.21. The van der Waals surface area contributed by atoms with Gasteiger partial charge in [-0.1, -0.05) is 23.7 Å². The van der Waals surface area contributed by atoms with Crippen molar-refractivity contribution in [2.45, 2.75) is 44.0 Å². The molecule has 8 heteroatoms. The third-order valence-electron chi connectivity index (χ3n) is 6.63. The van der Waals surface area contributed by atoms with Crippen LogP contribution in [-0.4, -0.2) is 48.8 Å². The Labute approximate surface area is 200 Å². The number of sulfonamides is 1. The van der Waals surface area contributed by atoms with Crippen molar-refractivity contribution in [1.82, 2.24) is 14.2 Å². The van der Waals surface area contributed by atoms with E-state index in [0.29, 0.717) is 48.5 Å². The Morgan fingerprint density at radius 1 is 1.00 bits per heavy atom. The van der Waals surface area contributed by atoms with Gasteiger partial charge in [0.15, 0.2) is 0 Å². The molecule has 1 aromatic heterocycles. The van der Waals surface area contributed by atoms with Crippen molar-refractivity contribution in [3.05, 3.63) is 70.1 Å². The van der Waals surface area contributed by atoms with Crippen LogP contribution in [0.15, 0.2) is 51.8 Å². The number of aromatic nitrogens is 1. The fourth-order valence-electron chi connectivity index (χ4n) is 4.68. The highest BCUT2D eigenvalue weighted by molar-refractivity contribution is 7.89. The molecule has 2 aliphatic rings. The van der Waals surface area contributed by atoms with Gasteiger partial charge in [0, 0.05) is 43.3 Å². The molecular formula is C25H28ClN3O3S. The number of benzene rings is 2. The van der Waals surface area contributed by atoms with Gasteiger partial charge in [-0.15, -0.1) is 0 Å². The zero-order valence-corrected chi connectivity index (χ0v) is 20.3. The first-order chi connectivity index (χ1) is 15.9. The number of oxazole rings is 1. The average molecular weight is 486 g/mol. The summed E-state index contributed by atoms with van der Waals surface area (Å²) < 4.78 is 34.0. The van der Waals surface area contributed by atoms with Gasteiger partial charge in [0.1, 0.15) is 5.76 Å². The molecule has 0 N–H and O–H groups in total. The Bertz CT molecular complexity index is 1260. The van der Waals surface area contributed by atoms with Crippen molar-refractivity contribution in [1.29, 1.82) is 0 Å². The molecule has 3 aromatic rings. The van der Waals surface area contributed by atoms with E-state index in [-0.39, 0.29) is 0 Å². The molecule has 1 saturated heterocycles. The molecule has 2 aromatic carbocycles. The molecule has 1 fully saturated rings. The highest BCUT2D eigenvalue weighted by Gasteiger charge is 2.30. The van der Waals surface area contributed by atoms with Gasteiger partial charge in [-0.25, -0.2) is 13.4 Å². The number of halogens is 1. The molecule has 0 atom stereocenters. The van der Waals surface area contributed by atoms with E-state index in [1.165, 1.54) is 17.5 Å². The van der Waals surface area contributed by atoms with Crippen LogP contribution < -0.4 is 0 Å². The third kappa shape index (κ3) is 4.73. The number of hydrogen-bond donors (Lipinski definition) is 0. The molecule has 2 heterocycles. The van der Waals surface area contributed by atoms with Crippen LogP contribution in [0.3, 0.4) is 0 Å². The second-order valence-electron chi connectivity index (χ2n) is 8.85. The average Bonchev–Trinajstić information content (AvgIpc) is 3.19.